The van der Waals surface area contributed by atoms with Gasteiger partial charge in [0, 0.05) is 22.4 Å². The van der Waals surface area contributed by atoms with Gasteiger partial charge in [-0.15, -0.1) is 11.3 Å². The lowest BCUT2D eigenvalue weighted by atomic mass is 10.1. The summed E-state index contributed by atoms with van der Waals surface area (Å²) in [4.78, 5) is 33.4. The zero-order valence-electron chi connectivity index (χ0n) is 19.9. The van der Waals surface area contributed by atoms with E-state index in [1.165, 1.54) is 0 Å². The van der Waals surface area contributed by atoms with Crippen molar-refractivity contribution in [2.24, 2.45) is 5.92 Å². The van der Waals surface area contributed by atoms with E-state index in [-0.39, 0.29) is 33.3 Å². The molecule has 0 aliphatic carbocycles. The number of hydrogen-bond acceptors (Lipinski definition) is 7. The van der Waals surface area contributed by atoms with E-state index in [4.69, 9.17) is 0 Å². The van der Waals surface area contributed by atoms with E-state index in [0.29, 0.717) is 11.3 Å². The minimum atomic E-state index is -5.60. The third-order valence-corrected chi connectivity index (χ3v) is 8.43. The van der Waals surface area contributed by atoms with Crippen LogP contribution in [0.15, 0.2) is 24.3 Å². The number of thiophene rings is 1. The Morgan fingerprint density at radius 3 is 2.21 bits per heavy atom. The monoisotopic (exact) mass is 618 g/mol. The molecule has 0 aliphatic rings. The van der Waals surface area contributed by atoms with Crippen molar-refractivity contribution in [3.8, 4) is 5.75 Å². The molecule has 3 rings (SSSR count). The first-order chi connectivity index (χ1) is 18.1. The van der Waals surface area contributed by atoms with Crippen LogP contribution >= 0.6 is 30.7 Å². The van der Waals surface area contributed by atoms with Crippen LogP contribution < -0.4 is 4.74 Å². The predicted octanol–water partition coefficient (Wildman–Crippen LogP) is 7.37. The van der Waals surface area contributed by atoms with Crippen molar-refractivity contribution in [2.75, 3.05) is 12.4 Å². The largest absolute Gasteiger partial charge is 0.416 e. The van der Waals surface area contributed by atoms with Crippen LogP contribution in [0.2, 0.25) is 0 Å². The molecule has 2 aromatic carbocycles. The first-order valence-corrected chi connectivity index (χ1v) is 14.2. The molecule has 6 nitrogen and oxygen atoms in total. The number of alkyl halides is 2. The topological polar surface area (TPSA) is 89.9 Å². The van der Waals surface area contributed by atoms with Crippen LogP contribution in [0.1, 0.15) is 35.5 Å². The minimum absolute atomic E-state index is 0.0739. The van der Waals surface area contributed by atoms with E-state index >= 15 is 0 Å². The summed E-state index contributed by atoms with van der Waals surface area (Å²) < 4.78 is 119. The lowest BCUT2D eigenvalue weighted by Crippen LogP contribution is -2.17. The van der Waals surface area contributed by atoms with Crippen molar-refractivity contribution >= 4 is 51.9 Å². The molecule has 0 saturated heterocycles. The number of halogens is 7. The lowest BCUT2D eigenvalue weighted by Gasteiger charge is -2.22. The molecule has 0 amide bonds. The van der Waals surface area contributed by atoms with Gasteiger partial charge in [0.25, 0.3) is 0 Å². The number of ether oxygens (including phenoxy) is 1. The van der Waals surface area contributed by atoms with Gasteiger partial charge in [-0.05, 0) is 29.5 Å². The van der Waals surface area contributed by atoms with Crippen molar-refractivity contribution in [3.05, 3.63) is 63.8 Å². The summed E-state index contributed by atoms with van der Waals surface area (Å²) in [7, 11) is -5.60. The van der Waals surface area contributed by atoms with Gasteiger partial charge in [-0.3, -0.25) is 9.36 Å². The normalized spacial score (nSPS) is 13.6. The molecule has 39 heavy (non-hydrogen) atoms. The molecule has 212 valence electrons. The van der Waals surface area contributed by atoms with E-state index in [2.05, 4.69) is 9.26 Å². The summed E-state index contributed by atoms with van der Waals surface area (Å²) in [6.07, 6.45) is 0.232. The summed E-state index contributed by atoms with van der Waals surface area (Å²) in [6.45, 7) is 2.99. The summed E-state index contributed by atoms with van der Waals surface area (Å²) in [5.74, 6) is -15.4. The Morgan fingerprint density at radius 2 is 1.62 bits per heavy atom. The molecule has 16 heteroatoms. The van der Waals surface area contributed by atoms with Gasteiger partial charge < -0.3 is 14.2 Å². The molecule has 0 radical (unpaired) electrons. The van der Waals surface area contributed by atoms with E-state index in [1.54, 1.807) is 13.8 Å². The van der Waals surface area contributed by atoms with Crippen LogP contribution in [0, 0.1) is 35.0 Å². The molecule has 1 aromatic heterocycles. The van der Waals surface area contributed by atoms with Gasteiger partial charge in [0.15, 0.2) is 5.12 Å². The number of esters is 1. The molecule has 1 unspecified atom stereocenters. The fourth-order valence-electron chi connectivity index (χ4n) is 3.10. The van der Waals surface area contributed by atoms with Crippen LogP contribution in [0.4, 0.5) is 30.7 Å². The zero-order chi connectivity index (χ0) is 29.3. The van der Waals surface area contributed by atoms with Crippen LogP contribution in [0.5, 0.6) is 5.75 Å². The van der Waals surface area contributed by atoms with Gasteiger partial charge in [0.1, 0.15) is 4.88 Å². The van der Waals surface area contributed by atoms with Gasteiger partial charge >= 0.3 is 19.2 Å². The van der Waals surface area contributed by atoms with Gasteiger partial charge in [-0.1, -0.05) is 31.7 Å². The number of carbonyl (C=O) groups excluding carboxylic acids is 2. The van der Waals surface area contributed by atoms with Gasteiger partial charge in [-0.25, -0.2) is 18.0 Å². The SMILES string of the molecule is CC(C)CC(=O)SCCOP(=O)(O)C(F)(F)c1ccc2sc(C(=O)Oc3c(F)c(F)c(F)c(F)c3F)cc2c1. The van der Waals surface area contributed by atoms with Crippen LogP contribution in [-0.4, -0.2) is 28.3 Å². The predicted molar refractivity (Wildman–Crippen MR) is 130 cm³/mol. The Kier molecular flexibility index (Phi) is 9.54. The molecule has 0 aliphatic heterocycles. The third-order valence-electron chi connectivity index (χ3n) is 4.97. The highest BCUT2D eigenvalue weighted by molar-refractivity contribution is 8.13. The van der Waals surface area contributed by atoms with Crippen molar-refractivity contribution in [1.82, 2.24) is 0 Å². The first-order valence-electron chi connectivity index (χ1n) is 10.8. The number of benzene rings is 2. The maximum atomic E-state index is 14.9. The number of carbonyl (C=O) groups is 2. The van der Waals surface area contributed by atoms with Gasteiger partial charge in [-0.2, -0.15) is 17.6 Å². The summed E-state index contributed by atoms with van der Waals surface area (Å²) in [5.41, 5.74) is -5.38. The fraction of sp³-hybridized carbons (Fsp3) is 0.304. The number of hydrogen-bond donors (Lipinski definition) is 1. The molecule has 0 fully saturated rings. The Morgan fingerprint density at radius 1 is 1.03 bits per heavy atom. The highest BCUT2D eigenvalue weighted by atomic mass is 32.2. The molecule has 0 spiro atoms. The van der Waals surface area contributed by atoms with Crippen LogP contribution in [0.3, 0.4) is 0 Å². The molecule has 3 aromatic rings. The summed E-state index contributed by atoms with van der Waals surface area (Å²) in [6, 6.07) is 3.52. The number of thioether (sulfide) groups is 1. The standard InChI is InChI=1S/C23H18F7O6PS2/c1-10(2)7-15(31)38-6-5-35-37(33,34)23(29,30)12-3-4-13-11(8-12)9-14(39-13)22(32)36-21-19(27)17(25)16(24)18(26)20(21)28/h3-4,8-10H,5-7H2,1-2H3,(H,33,34). The second kappa shape index (κ2) is 12.0. The maximum Gasteiger partial charge on any atom is 0.401 e. The Labute approximate surface area is 224 Å². The van der Waals surface area contributed by atoms with Crippen LogP contribution in [0.25, 0.3) is 10.1 Å². The molecule has 1 heterocycles. The molecular formula is C23H18F7O6PS2. The van der Waals surface area contributed by atoms with Crippen molar-refractivity contribution in [2.45, 2.75) is 25.9 Å². The fourth-order valence-corrected chi connectivity index (χ4v) is 5.96. The quantitative estimate of drug-likeness (QED) is 0.0483. The highest BCUT2D eigenvalue weighted by Gasteiger charge is 2.52. The van der Waals surface area contributed by atoms with Crippen LogP contribution in [-0.2, 0) is 19.5 Å². The van der Waals surface area contributed by atoms with Crippen molar-refractivity contribution < 1.29 is 59.0 Å². The Balaban J connectivity index is 1.78. The summed E-state index contributed by atoms with van der Waals surface area (Å²) >= 11 is 1.35. The zero-order valence-corrected chi connectivity index (χ0v) is 22.4. The minimum Gasteiger partial charge on any atom is -0.416 e. The smallest absolute Gasteiger partial charge is 0.401 e. The van der Waals surface area contributed by atoms with E-state index in [1.807, 2.05) is 0 Å². The summed E-state index contributed by atoms with van der Waals surface area (Å²) in [5, 5.41) is -0.318. The first kappa shape index (κ1) is 31.1. The third kappa shape index (κ3) is 6.65. The highest BCUT2D eigenvalue weighted by Crippen LogP contribution is 2.63. The number of fused-ring (bicyclic) bond motifs is 1. The number of rotatable bonds is 10. The Hall–Kier alpha value is -2.45. The van der Waals surface area contributed by atoms with Gasteiger partial charge in [0.2, 0.25) is 34.8 Å². The second-order valence-corrected chi connectivity index (χ2v) is 12.5. The van der Waals surface area contributed by atoms with Gasteiger partial charge in [0.05, 0.1) is 6.61 Å². The molecule has 1 atom stereocenters. The van der Waals surface area contributed by atoms with Crippen molar-refractivity contribution in [1.29, 1.82) is 0 Å². The van der Waals surface area contributed by atoms with E-state index < -0.39 is 71.1 Å². The molecular weight excluding hydrogens is 600 g/mol. The average molecular weight is 618 g/mol. The molecule has 0 bridgehead atoms. The Bertz CT molecular complexity index is 1450. The molecule has 1 N–H and O–H groups in total. The maximum absolute atomic E-state index is 14.9. The second-order valence-electron chi connectivity index (χ2n) is 8.37. The van der Waals surface area contributed by atoms with E-state index in [0.717, 1.165) is 36.0 Å². The van der Waals surface area contributed by atoms with Crippen molar-refractivity contribution in [3.63, 3.8) is 0 Å². The average Bonchev–Trinajstić information content (AvgIpc) is 3.30. The lowest BCUT2D eigenvalue weighted by molar-refractivity contribution is -0.111. The molecule has 0 saturated carbocycles. The van der Waals surface area contributed by atoms with E-state index in [9.17, 15) is 49.8 Å².